The Labute approximate surface area is 806 Å². The number of carboxylic acids is 1. The highest BCUT2D eigenvalue weighted by Crippen LogP contribution is 2.31. The summed E-state index contributed by atoms with van der Waals surface area (Å²) in [6, 6.07) is 6.53. The van der Waals surface area contributed by atoms with E-state index < -0.39 is 192 Å². The molecule has 0 bridgehead atoms. The van der Waals surface area contributed by atoms with Gasteiger partial charge in [-0.15, -0.1) is 0 Å². The highest BCUT2D eigenvalue weighted by molar-refractivity contribution is 6.01. The zero-order valence-electron chi connectivity index (χ0n) is 79.0. The molecule has 10 rings (SSSR count). The van der Waals surface area contributed by atoms with Crippen LogP contribution >= 0.6 is 0 Å². The van der Waals surface area contributed by atoms with Crippen LogP contribution in [-0.2, 0) is 102 Å². The first-order valence-corrected chi connectivity index (χ1v) is 47.4. The van der Waals surface area contributed by atoms with Crippen molar-refractivity contribution in [2.24, 2.45) is 29.0 Å². The molecule has 23 N–H and O–H groups in total. The standard InChI is InChI=1S/C95H128N24O21/c1-6-7-21-66(85(126)114-74(95(136)137)44-55-28-30-59(120)31-29-55)108-92(133)77-26-18-41-118(77)94(135)69(34-37-79(98)122)106-81(124)51-104-91(132)76-25-17-40-117(76)93(134)68(24-14-16-39-101-80(123)27-9-8-15-38-100-65-32-35-75(119(138)139)83-82(65)115-140-116-83)109-88(129)71(43-54(4)5)111-86(127)67(33-36-78(97)121)107-87(128)70(42-53(2)3)112-89(130)72(46-57-49-103-64-23-13-11-20-61(57)64)113-90(131)73(47-58-50-99-52-105-58)110-84(125)62(96)45-56-48-102-63-22-12-10-19-60(56)63/h10-13,19-20,22-23,28-32,35,48-50,52-54,62,66-74,76-77,100,102-103,120H,6-9,14-18,21,24-27,33-34,36-47,51,96H2,1-5H3,(H2,97,121)(H2,98,122)(H,99,105)(H,101,123)(H,104,132)(H,106,124)(H,107,128)(H,108,133)(H,109,129)(H,110,125)(H,111,127)(H,112,130)(H,113,131)(H,114,126)(H,136,137)/t62-,66-,67-,68-,69-,70-,71-,72-,73-,74-,76-,77-/m0/s1. The number of hydrogen-bond donors (Lipinski definition) is 20. The van der Waals surface area contributed by atoms with Crippen molar-refractivity contribution in [2.75, 3.05) is 38.0 Å². The fourth-order valence-corrected chi connectivity index (χ4v) is 17.1. The van der Waals surface area contributed by atoms with Gasteiger partial charge in [0.1, 0.15) is 72.2 Å². The summed E-state index contributed by atoms with van der Waals surface area (Å²) in [5, 5.41) is 73.4. The zero-order chi connectivity index (χ0) is 101. The molecule has 2 aliphatic rings. The molecule has 15 amide bonds. The van der Waals surface area contributed by atoms with Crippen LogP contribution in [-0.4, -0.2) is 255 Å². The normalized spacial score (nSPS) is 15.7. The number of hydrogen-bond acceptors (Lipinski definition) is 25. The molecule has 45 heteroatoms. The molecule has 6 heterocycles. The number of nitrogens with two attached hydrogens (primary N) is 3. The first kappa shape index (κ1) is 107. The number of para-hydroxylation sites is 2. The summed E-state index contributed by atoms with van der Waals surface area (Å²) in [7, 11) is 0. The van der Waals surface area contributed by atoms with Crippen LogP contribution < -0.4 is 81.0 Å². The van der Waals surface area contributed by atoms with E-state index in [9.17, 15) is 73.1 Å². The minimum Gasteiger partial charge on any atom is -0.508 e. The van der Waals surface area contributed by atoms with Crippen molar-refractivity contribution < 1.29 is 96.5 Å². The van der Waals surface area contributed by atoms with Crippen LogP contribution in [0.5, 0.6) is 5.75 Å². The Morgan fingerprint density at radius 1 is 0.507 bits per heavy atom. The number of nitro benzene ring substituents is 1. The number of carboxylic acid groups (broad SMARTS) is 1. The van der Waals surface area contributed by atoms with E-state index in [1.165, 1.54) is 58.7 Å². The van der Waals surface area contributed by atoms with Crippen molar-refractivity contribution in [1.82, 2.24) is 98.5 Å². The average Bonchev–Trinajstić information content (AvgIpc) is 1.59. The molecule has 754 valence electrons. The number of aliphatic carboxylic acids is 1. The Balaban J connectivity index is 0.820. The summed E-state index contributed by atoms with van der Waals surface area (Å²) >= 11 is 0. The Bertz CT molecular complexity index is 5660. The third-order valence-electron chi connectivity index (χ3n) is 24.5. The number of nitrogens with zero attached hydrogens (tertiary/aromatic N) is 6. The number of carbonyl (C=O) groups excluding carboxylic acids is 15. The third-order valence-corrected chi connectivity index (χ3v) is 24.5. The van der Waals surface area contributed by atoms with E-state index in [-0.39, 0.29) is 156 Å². The lowest BCUT2D eigenvalue weighted by atomic mass is 9.99. The van der Waals surface area contributed by atoms with Gasteiger partial charge in [0.25, 0.3) is 0 Å². The molecule has 12 atom stereocenters. The lowest BCUT2D eigenvalue weighted by molar-refractivity contribution is -0.383. The van der Waals surface area contributed by atoms with Gasteiger partial charge in [0, 0.05) is 111 Å². The minimum atomic E-state index is -1.64. The Morgan fingerprint density at radius 2 is 1.01 bits per heavy atom. The monoisotopic (exact) mass is 1940 g/mol. The van der Waals surface area contributed by atoms with E-state index in [4.69, 9.17) is 21.8 Å². The van der Waals surface area contributed by atoms with E-state index in [0.717, 1.165) is 16.5 Å². The van der Waals surface area contributed by atoms with Crippen LogP contribution in [0.2, 0.25) is 0 Å². The van der Waals surface area contributed by atoms with Gasteiger partial charge < -0.3 is 116 Å². The number of amides is 15. The molecule has 4 aromatic carbocycles. The zero-order valence-corrected chi connectivity index (χ0v) is 79.0. The number of H-pyrrole nitrogens is 3. The van der Waals surface area contributed by atoms with Gasteiger partial charge in [0.05, 0.1) is 35.2 Å². The number of carbonyl (C=O) groups is 16. The first-order valence-electron chi connectivity index (χ1n) is 47.4. The fraction of sp³-hybridized carbons (Fsp3) is 0.505. The van der Waals surface area contributed by atoms with Crippen molar-refractivity contribution in [1.29, 1.82) is 0 Å². The van der Waals surface area contributed by atoms with Crippen molar-refractivity contribution in [3.05, 3.63) is 142 Å². The number of rotatable bonds is 57. The Hall–Kier alpha value is -15.0. The number of non-ortho nitro benzene ring substituents is 1. The van der Waals surface area contributed by atoms with Crippen molar-refractivity contribution in [3.8, 4) is 5.75 Å². The number of phenolic OH excluding ortho intramolecular Hbond substituents is 1. The van der Waals surface area contributed by atoms with Crippen molar-refractivity contribution in [2.45, 2.75) is 261 Å². The summed E-state index contributed by atoms with van der Waals surface area (Å²) in [6.45, 7) is 8.59. The summed E-state index contributed by atoms with van der Waals surface area (Å²) < 4.78 is 4.76. The number of benzene rings is 4. The van der Waals surface area contributed by atoms with Gasteiger partial charge in [0.15, 0.2) is 5.52 Å². The number of phenols is 1. The van der Waals surface area contributed by atoms with Gasteiger partial charge in [-0.3, -0.25) is 82.0 Å². The van der Waals surface area contributed by atoms with E-state index >= 15 is 24.0 Å². The molecule has 0 aliphatic carbocycles. The number of fused-ring (bicyclic) bond motifs is 3. The predicted molar refractivity (Wildman–Crippen MR) is 511 cm³/mol. The van der Waals surface area contributed by atoms with Gasteiger partial charge in [0.2, 0.25) is 94.1 Å². The van der Waals surface area contributed by atoms with Gasteiger partial charge in [-0.1, -0.05) is 102 Å². The fourth-order valence-electron chi connectivity index (χ4n) is 17.1. The van der Waals surface area contributed by atoms with Crippen LogP contribution in [0.25, 0.3) is 32.8 Å². The van der Waals surface area contributed by atoms with Crippen LogP contribution in [0.4, 0.5) is 11.4 Å². The highest BCUT2D eigenvalue weighted by Gasteiger charge is 2.43. The molecule has 0 spiro atoms. The van der Waals surface area contributed by atoms with E-state index in [0.29, 0.717) is 78.5 Å². The lowest BCUT2D eigenvalue weighted by Gasteiger charge is -2.31. The molecule has 2 aliphatic heterocycles. The molecule has 0 saturated carbocycles. The van der Waals surface area contributed by atoms with E-state index in [2.05, 4.69) is 94.1 Å². The number of aromatic hydroxyl groups is 1. The smallest absolute Gasteiger partial charge is 0.326 e. The second-order valence-electron chi connectivity index (χ2n) is 36.3. The second-order valence-corrected chi connectivity index (χ2v) is 36.3. The van der Waals surface area contributed by atoms with Crippen LogP contribution in [0.1, 0.15) is 185 Å². The van der Waals surface area contributed by atoms with Crippen LogP contribution in [0.3, 0.4) is 0 Å². The van der Waals surface area contributed by atoms with Crippen molar-refractivity contribution >= 4 is 139 Å². The van der Waals surface area contributed by atoms with Gasteiger partial charge in [-0.05, 0) is 165 Å². The topological polar surface area (TPSA) is 685 Å². The summed E-state index contributed by atoms with van der Waals surface area (Å²) in [6.07, 6.45) is 8.05. The first-order chi connectivity index (χ1) is 67.0. The lowest BCUT2D eigenvalue weighted by Crippen LogP contribution is -2.61. The molecule has 4 aromatic heterocycles. The number of nitrogens with one attached hydrogen (secondary N) is 15. The largest absolute Gasteiger partial charge is 0.508 e. The molecule has 140 heavy (non-hydrogen) atoms. The molecule has 45 nitrogen and oxygen atoms in total. The average molecular weight is 1940 g/mol. The maximum absolute atomic E-state index is 15.3. The number of primary amides is 2. The van der Waals surface area contributed by atoms with E-state index in [1.807, 2.05) is 43.3 Å². The van der Waals surface area contributed by atoms with Crippen molar-refractivity contribution in [3.63, 3.8) is 0 Å². The van der Waals surface area contributed by atoms with Gasteiger partial charge in [-0.25, -0.2) is 14.4 Å². The Kier molecular flexibility index (Phi) is 40.2. The maximum Gasteiger partial charge on any atom is 0.326 e. The molecule has 8 aromatic rings. The van der Waals surface area contributed by atoms with E-state index in [1.54, 1.807) is 52.2 Å². The van der Waals surface area contributed by atoms with Gasteiger partial charge in [-0.2, -0.15) is 0 Å². The summed E-state index contributed by atoms with van der Waals surface area (Å²) in [5.41, 5.74) is 21.9. The molecular formula is C95H128N24O21. The predicted octanol–water partition coefficient (Wildman–Crippen LogP) is 2.44. The minimum absolute atomic E-state index is 0.00235. The summed E-state index contributed by atoms with van der Waals surface area (Å²) in [5.74, 6) is -14.2. The van der Waals surface area contributed by atoms with Gasteiger partial charge >= 0.3 is 11.7 Å². The molecule has 0 unspecified atom stereocenters. The number of aromatic amines is 3. The number of likely N-dealkylation sites (tertiary alicyclic amines) is 2. The number of imidazole rings is 1. The highest BCUT2D eigenvalue weighted by atomic mass is 16.6. The third kappa shape index (κ3) is 31.5. The number of nitro groups is 1. The maximum atomic E-state index is 15.3. The SMILES string of the molecule is CCCC[C@H](NC(=O)[C@@H]1CCCN1C(=O)[C@H](CCC(N)=O)NC(=O)CNC(=O)[C@@H]1CCCN1C(=O)[C@H](CCCCNC(=O)CCCCCNc1ccc([N+](=O)[O-])c2nonc12)NC(=O)[C@H](CC(C)C)NC(=O)[C@H](CCC(N)=O)NC(=O)[C@H](CC(C)C)NC(=O)[C@H](Cc1c[nH]c2ccccc12)NC(=O)[C@H](Cc1c[nH]cn1)NC(=O)[C@@H](N)Cc1c[nH]c2ccccc12)C(=O)N[C@@H](Cc1ccc(O)cc1)C(=O)O. The van der Waals surface area contributed by atoms with Crippen LogP contribution in [0.15, 0.2) is 114 Å². The second kappa shape index (κ2) is 52.6. The number of unbranched alkanes of at least 4 members (excludes halogenated alkanes) is 4. The number of anilines is 1. The molecule has 0 radical (unpaired) electrons. The summed E-state index contributed by atoms with van der Waals surface area (Å²) in [4.78, 5) is 253. The quantitative estimate of drug-likeness (QED) is 0.0148. The molecule has 2 saturated heterocycles. The molecular weight excluding hydrogens is 1810 g/mol. The molecule has 2 fully saturated rings. The van der Waals surface area contributed by atoms with Crippen LogP contribution in [0, 0.1) is 22.0 Å². The Morgan fingerprint density at radius 3 is 1.59 bits per heavy atom. The number of aromatic nitrogens is 6.